The minimum Gasteiger partial charge on any atom is -0.275 e. The lowest BCUT2D eigenvalue weighted by Crippen LogP contribution is -2.06. The molecule has 0 spiro atoms. The Balaban J connectivity index is 3.13. The van der Waals surface area contributed by atoms with Crippen LogP contribution in [-0.4, -0.2) is 29.8 Å². The summed E-state index contributed by atoms with van der Waals surface area (Å²) in [6.45, 7) is 0. The summed E-state index contributed by atoms with van der Waals surface area (Å²) in [5.74, 6) is 0. The van der Waals surface area contributed by atoms with E-state index in [1.807, 2.05) is 0 Å². The van der Waals surface area contributed by atoms with Crippen molar-refractivity contribution in [3.8, 4) is 0 Å². The first-order valence-electron chi connectivity index (χ1n) is 5.29. The molecule has 1 aromatic heterocycles. The molecule has 0 bridgehead atoms. The maximum absolute atomic E-state index is 11.8. The highest BCUT2D eigenvalue weighted by molar-refractivity contribution is 7.91. The van der Waals surface area contributed by atoms with Crippen LogP contribution in [0.1, 0.15) is 10.4 Å². The van der Waals surface area contributed by atoms with Crippen LogP contribution in [0.3, 0.4) is 0 Å². The van der Waals surface area contributed by atoms with Gasteiger partial charge in [-0.05, 0) is 17.7 Å². The van der Waals surface area contributed by atoms with Gasteiger partial charge in [-0.15, -0.1) is 0 Å². The Morgan fingerprint density at radius 1 is 1.38 bits per heavy atom. The first-order valence-corrected chi connectivity index (χ1v) is 7.94. The smallest absolute Gasteiger partial charge is 0.275 e. The SMILES string of the molecule is CS(=O)(=O)c1cc([N+](=O)[O-])c(C(=O)Cl)c2ncc(Cl)cc12. The zero-order chi connectivity index (χ0) is 15.9. The van der Waals surface area contributed by atoms with Gasteiger partial charge < -0.3 is 0 Å². The van der Waals surface area contributed by atoms with Crippen molar-refractivity contribution in [1.29, 1.82) is 0 Å². The molecule has 1 heterocycles. The van der Waals surface area contributed by atoms with Crippen LogP contribution in [0.2, 0.25) is 5.02 Å². The van der Waals surface area contributed by atoms with Crippen LogP contribution in [0.15, 0.2) is 23.2 Å². The summed E-state index contributed by atoms with van der Waals surface area (Å²) in [5.41, 5.74) is -1.38. The van der Waals surface area contributed by atoms with E-state index in [1.54, 1.807) is 0 Å². The molecule has 7 nitrogen and oxygen atoms in total. The lowest BCUT2D eigenvalue weighted by atomic mass is 10.1. The van der Waals surface area contributed by atoms with Crippen LogP contribution in [0, 0.1) is 10.1 Å². The van der Waals surface area contributed by atoms with Crippen molar-refractivity contribution in [2.24, 2.45) is 0 Å². The van der Waals surface area contributed by atoms with Gasteiger partial charge in [0, 0.05) is 23.9 Å². The predicted molar refractivity (Wildman–Crippen MR) is 76.7 cm³/mol. The number of fused-ring (bicyclic) bond motifs is 1. The van der Waals surface area contributed by atoms with Gasteiger partial charge in [0.2, 0.25) is 0 Å². The van der Waals surface area contributed by atoms with Crippen LogP contribution in [0.5, 0.6) is 0 Å². The van der Waals surface area contributed by atoms with E-state index in [4.69, 9.17) is 23.2 Å². The van der Waals surface area contributed by atoms with E-state index in [2.05, 4.69) is 4.98 Å². The van der Waals surface area contributed by atoms with E-state index in [-0.39, 0.29) is 20.8 Å². The highest BCUT2D eigenvalue weighted by atomic mass is 35.5. The van der Waals surface area contributed by atoms with Gasteiger partial charge in [-0.2, -0.15) is 0 Å². The number of nitro groups is 1. The van der Waals surface area contributed by atoms with Crippen molar-refractivity contribution >= 4 is 54.9 Å². The fraction of sp³-hybridized carbons (Fsp3) is 0.0909. The molecule has 0 atom stereocenters. The summed E-state index contributed by atoms with van der Waals surface area (Å²) in [6, 6.07) is 2.04. The summed E-state index contributed by atoms with van der Waals surface area (Å²) >= 11 is 11.1. The fourth-order valence-electron chi connectivity index (χ4n) is 1.87. The Labute approximate surface area is 128 Å². The van der Waals surface area contributed by atoms with Gasteiger partial charge in [0.25, 0.3) is 10.9 Å². The maximum atomic E-state index is 11.8. The van der Waals surface area contributed by atoms with Crippen molar-refractivity contribution in [2.75, 3.05) is 6.26 Å². The monoisotopic (exact) mass is 348 g/mol. The third-order valence-corrected chi connectivity index (χ3v) is 4.21. The Hall–Kier alpha value is -1.77. The molecule has 2 aromatic rings. The topological polar surface area (TPSA) is 107 Å². The molecule has 10 heteroatoms. The largest absolute Gasteiger partial charge is 0.285 e. The van der Waals surface area contributed by atoms with E-state index >= 15 is 0 Å². The summed E-state index contributed by atoms with van der Waals surface area (Å²) in [4.78, 5) is 25.1. The third kappa shape index (κ3) is 2.82. The molecule has 0 radical (unpaired) electrons. The molecular weight excluding hydrogens is 343 g/mol. The van der Waals surface area contributed by atoms with Gasteiger partial charge in [-0.1, -0.05) is 11.6 Å². The van der Waals surface area contributed by atoms with Gasteiger partial charge >= 0.3 is 0 Å². The van der Waals surface area contributed by atoms with Crippen molar-refractivity contribution in [3.63, 3.8) is 0 Å². The average molecular weight is 349 g/mol. The summed E-state index contributed by atoms with van der Waals surface area (Å²) < 4.78 is 23.6. The van der Waals surface area contributed by atoms with E-state index in [0.29, 0.717) is 0 Å². The second kappa shape index (κ2) is 5.21. The first-order chi connectivity index (χ1) is 9.62. The number of benzene rings is 1. The van der Waals surface area contributed by atoms with Gasteiger partial charge in [0.05, 0.1) is 20.4 Å². The summed E-state index contributed by atoms with van der Waals surface area (Å²) in [5, 5.41) is 10.1. The Morgan fingerprint density at radius 3 is 2.48 bits per heavy atom. The summed E-state index contributed by atoms with van der Waals surface area (Å²) in [7, 11) is -3.80. The Morgan fingerprint density at radius 2 is 2.00 bits per heavy atom. The molecule has 21 heavy (non-hydrogen) atoms. The van der Waals surface area contributed by atoms with Crippen molar-refractivity contribution in [2.45, 2.75) is 4.90 Å². The Kier molecular flexibility index (Phi) is 3.87. The molecule has 0 aliphatic heterocycles. The van der Waals surface area contributed by atoms with E-state index < -0.39 is 31.3 Å². The number of aromatic nitrogens is 1. The lowest BCUT2D eigenvalue weighted by molar-refractivity contribution is -0.385. The van der Waals surface area contributed by atoms with Crippen LogP contribution in [-0.2, 0) is 9.84 Å². The highest BCUT2D eigenvalue weighted by Gasteiger charge is 2.28. The van der Waals surface area contributed by atoms with Crippen molar-refractivity contribution in [1.82, 2.24) is 4.98 Å². The molecule has 0 saturated heterocycles. The molecule has 0 aliphatic rings. The lowest BCUT2D eigenvalue weighted by Gasteiger charge is -2.08. The van der Waals surface area contributed by atoms with Gasteiger partial charge in [-0.25, -0.2) is 8.42 Å². The number of nitrogens with zero attached hydrogens (tertiary/aromatic N) is 2. The molecule has 0 fully saturated rings. The predicted octanol–water partition coefficient (Wildman–Crippen LogP) is 2.58. The van der Waals surface area contributed by atoms with Crippen molar-refractivity contribution in [3.05, 3.63) is 39.0 Å². The molecule has 0 saturated carbocycles. The zero-order valence-corrected chi connectivity index (χ0v) is 12.7. The quantitative estimate of drug-likeness (QED) is 0.479. The molecule has 110 valence electrons. The highest BCUT2D eigenvalue weighted by Crippen LogP contribution is 2.34. The molecule has 0 amide bonds. The first kappa shape index (κ1) is 15.6. The number of nitro benzene ring substituents is 1. The number of carbonyl (C=O) groups excluding carboxylic acids is 1. The van der Waals surface area contributed by atoms with E-state index in [9.17, 15) is 23.3 Å². The van der Waals surface area contributed by atoms with Gasteiger partial charge in [-0.3, -0.25) is 19.9 Å². The number of rotatable bonds is 3. The normalized spacial score (nSPS) is 11.6. The van der Waals surface area contributed by atoms with Crippen LogP contribution in [0.25, 0.3) is 10.9 Å². The second-order valence-electron chi connectivity index (χ2n) is 4.12. The molecule has 2 rings (SSSR count). The number of carbonyl (C=O) groups is 1. The van der Waals surface area contributed by atoms with E-state index in [0.717, 1.165) is 18.5 Å². The second-order valence-corrected chi connectivity index (χ2v) is 6.89. The van der Waals surface area contributed by atoms with Crippen molar-refractivity contribution < 1.29 is 18.1 Å². The van der Waals surface area contributed by atoms with Gasteiger partial charge in [0.1, 0.15) is 5.56 Å². The fourth-order valence-corrected chi connectivity index (χ4v) is 3.09. The minimum atomic E-state index is -3.80. The van der Waals surface area contributed by atoms with E-state index in [1.165, 1.54) is 6.07 Å². The molecule has 0 N–H and O–H groups in total. The molecule has 0 unspecified atom stereocenters. The number of sulfone groups is 1. The average Bonchev–Trinajstić information content (AvgIpc) is 2.34. The number of pyridine rings is 1. The molecule has 0 aliphatic carbocycles. The zero-order valence-electron chi connectivity index (χ0n) is 10.3. The van der Waals surface area contributed by atoms with Gasteiger partial charge in [0.15, 0.2) is 9.84 Å². The minimum absolute atomic E-state index is 0.000370. The maximum Gasteiger partial charge on any atom is 0.285 e. The number of halogens is 2. The van der Waals surface area contributed by atoms with Crippen LogP contribution in [0.4, 0.5) is 5.69 Å². The molecule has 1 aromatic carbocycles. The molecular formula is C11H6Cl2N2O5S. The Bertz CT molecular complexity index is 895. The van der Waals surface area contributed by atoms with Crippen LogP contribution >= 0.6 is 23.2 Å². The summed E-state index contributed by atoms with van der Waals surface area (Å²) in [6.07, 6.45) is 2.03. The third-order valence-electron chi connectivity index (χ3n) is 2.67. The van der Waals surface area contributed by atoms with Crippen LogP contribution < -0.4 is 0 Å². The number of hydrogen-bond acceptors (Lipinski definition) is 6. The standard InChI is InChI=1S/C11H6Cl2N2O5S/c1-21(19,20)8-3-7(15(17)18)9(11(13)16)10-6(8)2-5(12)4-14-10/h2-4H,1H3. The number of hydrogen-bond donors (Lipinski definition) is 0.